The van der Waals surface area contributed by atoms with Gasteiger partial charge in [-0.05, 0) is 43.3 Å². The van der Waals surface area contributed by atoms with Crippen molar-refractivity contribution in [3.8, 4) is 5.69 Å². The number of aromatic nitrogens is 3. The third-order valence-corrected chi connectivity index (χ3v) is 3.96. The van der Waals surface area contributed by atoms with Crippen molar-refractivity contribution in [2.75, 3.05) is 5.32 Å². The van der Waals surface area contributed by atoms with Crippen molar-refractivity contribution in [2.45, 2.75) is 6.92 Å². The van der Waals surface area contributed by atoms with Crippen LogP contribution in [0.2, 0.25) is 0 Å². The molecule has 0 aliphatic rings. The summed E-state index contributed by atoms with van der Waals surface area (Å²) in [7, 11) is 0. The van der Waals surface area contributed by atoms with Crippen LogP contribution in [-0.4, -0.2) is 14.5 Å². The second-order valence-corrected chi connectivity index (χ2v) is 5.80. The molecule has 2 heterocycles. The van der Waals surface area contributed by atoms with Gasteiger partial charge in [0.2, 0.25) is 5.95 Å². The largest absolute Gasteiger partial charge is 0.324 e. The number of fused-ring (bicyclic) bond motifs is 1. The van der Waals surface area contributed by atoms with Crippen LogP contribution in [-0.2, 0) is 0 Å². The van der Waals surface area contributed by atoms with Crippen LogP contribution < -0.4 is 10.9 Å². The summed E-state index contributed by atoms with van der Waals surface area (Å²) < 4.78 is 1.59. The first-order valence-corrected chi connectivity index (χ1v) is 7.98. The number of para-hydroxylation sites is 1. The number of anilines is 2. The Kier molecular flexibility index (Phi) is 3.74. The highest BCUT2D eigenvalue weighted by molar-refractivity contribution is 5.80. The Hall–Kier alpha value is -3.47. The quantitative estimate of drug-likeness (QED) is 0.621. The molecule has 0 amide bonds. The number of nitrogens with zero attached hydrogens (tertiary/aromatic N) is 3. The molecular formula is C20H16N4O. The van der Waals surface area contributed by atoms with Crippen molar-refractivity contribution in [2.24, 2.45) is 0 Å². The number of benzene rings is 2. The molecule has 0 bridgehead atoms. The van der Waals surface area contributed by atoms with Crippen LogP contribution in [0, 0.1) is 6.92 Å². The molecule has 2 aromatic carbocycles. The Bertz CT molecular complexity index is 1090. The molecular weight excluding hydrogens is 312 g/mol. The first-order valence-electron chi connectivity index (χ1n) is 7.98. The maximum atomic E-state index is 13.2. The molecule has 4 rings (SSSR count). The van der Waals surface area contributed by atoms with Gasteiger partial charge in [-0.2, -0.15) is 0 Å². The molecule has 4 aromatic rings. The molecule has 0 aliphatic heterocycles. The number of pyridine rings is 1. The Morgan fingerprint density at radius 1 is 1.00 bits per heavy atom. The van der Waals surface area contributed by atoms with Gasteiger partial charge in [0.15, 0.2) is 0 Å². The molecule has 0 saturated heterocycles. The molecule has 0 aliphatic carbocycles. The Labute approximate surface area is 144 Å². The lowest BCUT2D eigenvalue weighted by molar-refractivity contribution is 0.973. The van der Waals surface area contributed by atoms with E-state index in [2.05, 4.69) is 15.3 Å². The van der Waals surface area contributed by atoms with Crippen molar-refractivity contribution in [3.63, 3.8) is 0 Å². The summed E-state index contributed by atoms with van der Waals surface area (Å²) in [5.41, 5.74) is 3.11. The maximum Gasteiger partial charge on any atom is 0.267 e. The van der Waals surface area contributed by atoms with Gasteiger partial charge in [0, 0.05) is 6.20 Å². The molecule has 0 spiro atoms. The van der Waals surface area contributed by atoms with Gasteiger partial charge in [0.05, 0.1) is 28.5 Å². The van der Waals surface area contributed by atoms with Crippen LogP contribution in [0.3, 0.4) is 0 Å². The number of hydrogen-bond donors (Lipinski definition) is 1. The highest BCUT2D eigenvalue weighted by Gasteiger charge is 2.13. The monoisotopic (exact) mass is 328 g/mol. The van der Waals surface area contributed by atoms with Crippen molar-refractivity contribution in [3.05, 3.63) is 89.0 Å². The molecule has 0 fully saturated rings. The predicted molar refractivity (Wildman–Crippen MR) is 99.6 cm³/mol. The average molecular weight is 328 g/mol. The van der Waals surface area contributed by atoms with E-state index < -0.39 is 0 Å². The third kappa shape index (κ3) is 2.87. The van der Waals surface area contributed by atoms with Crippen LogP contribution in [0.4, 0.5) is 11.6 Å². The second kappa shape index (κ2) is 6.20. The summed E-state index contributed by atoms with van der Waals surface area (Å²) in [6.07, 6.45) is 3.40. The number of rotatable bonds is 3. The van der Waals surface area contributed by atoms with Crippen molar-refractivity contribution in [1.82, 2.24) is 14.5 Å². The molecule has 0 radical (unpaired) electrons. The fourth-order valence-corrected chi connectivity index (χ4v) is 2.77. The van der Waals surface area contributed by atoms with Crippen molar-refractivity contribution in [1.29, 1.82) is 0 Å². The van der Waals surface area contributed by atoms with E-state index in [1.165, 1.54) is 0 Å². The first kappa shape index (κ1) is 15.1. The second-order valence-electron chi connectivity index (χ2n) is 5.80. The zero-order valence-corrected chi connectivity index (χ0v) is 13.7. The first-order chi connectivity index (χ1) is 12.2. The molecule has 122 valence electrons. The van der Waals surface area contributed by atoms with E-state index in [9.17, 15) is 4.79 Å². The lowest BCUT2D eigenvalue weighted by Crippen LogP contribution is -2.22. The summed E-state index contributed by atoms with van der Waals surface area (Å²) in [5.74, 6) is 0.459. The van der Waals surface area contributed by atoms with Gasteiger partial charge < -0.3 is 5.32 Å². The Morgan fingerprint density at radius 2 is 1.84 bits per heavy atom. The van der Waals surface area contributed by atoms with Crippen molar-refractivity contribution >= 4 is 22.5 Å². The van der Waals surface area contributed by atoms with E-state index in [4.69, 9.17) is 0 Å². The Balaban J connectivity index is 1.99. The van der Waals surface area contributed by atoms with E-state index in [-0.39, 0.29) is 5.56 Å². The summed E-state index contributed by atoms with van der Waals surface area (Å²) in [5, 5.41) is 3.81. The van der Waals surface area contributed by atoms with Crippen LogP contribution in [0.1, 0.15) is 5.56 Å². The molecule has 0 saturated carbocycles. The maximum absolute atomic E-state index is 13.2. The molecule has 5 nitrogen and oxygen atoms in total. The highest BCUT2D eigenvalue weighted by atomic mass is 16.1. The van der Waals surface area contributed by atoms with E-state index in [1.54, 1.807) is 17.0 Å². The van der Waals surface area contributed by atoms with E-state index in [0.717, 1.165) is 16.9 Å². The summed E-state index contributed by atoms with van der Waals surface area (Å²) in [4.78, 5) is 21.9. The summed E-state index contributed by atoms with van der Waals surface area (Å²) in [6.45, 7) is 1.97. The molecule has 5 heteroatoms. The van der Waals surface area contributed by atoms with Crippen LogP contribution >= 0.6 is 0 Å². The minimum Gasteiger partial charge on any atom is -0.324 e. The average Bonchev–Trinajstić information content (AvgIpc) is 2.64. The number of aryl methyl sites for hydroxylation is 1. The molecule has 1 N–H and O–H groups in total. The summed E-state index contributed by atoms with van der Waals surface area (Å²) >= 11 is 0. The molecule has 25 heavy (non-hydrogen) atoms. The van der Waals surface area contributed by atoms with Crippen LogP contribution in [0.25, 0.3) is 16.6 Å². The SMILES string of the molecule is Cc1ccc2nc(Nc3cccnc3)n(-c3ccccc3)c(=O)c2c1. The fraction of sp³-hybridized carbons (Fsp3) is 0.0500. The third-order valence-electron chi connectivity index (χ3n) is 3.96. The predicted octanol–water partition coefficient (Wildman–Crippen LogP) is 3.83. The highest BCUT2D eigenvalue weighted by Crippen LogP contribution is 2.20. The minimum absolute atomic E-state index is 0.105. The van der Waals surface area contributed by atoms with Gasteiger partial charge in [0.25, 0.3) is 5.56 Å². The van der Waals surface area contributed by atoms with Gasteiger partial charge >= 0.3 is 0 Å². The van der Waals surface area contributed by atoms with Gasteiger partial charge in [-0.25, -0.2) is 9.55 Å². The van der Waals surface area contributed by atoms with Gasteiger partial charge in [0.1, 0.15) is 0 Å². The molecule has 2 aromatic heterocycles. The van der Waals surface area contributed by atoms with E-state index in [0.29, 0.717) is 16.9 Å². The smallest absolute Gasteiger partial charge is 0.267 e. The fourth-order valence-electron chi connectivity index (χ4n) is 2.77. The minimum atomic E-state index is -0.105. The topological polar surface area (TPSA) is 59.8 Å². The number of hydrogen-bond acceptors (Lipinski definition) is 4. The standard InChI is InChI=1S/C20H16N4O/c1-14-9-10-18-17(12-14)19(25)24(16-7-3-2-4-8-16)20(23-18)22-15-6-5-11-21-13-15/h2-13H,1H3,(H,22,23). The van der Waals surface area contributed by atoms with Gasteiger partial charge in [-0.3, -0.25) is 9.78 Å². The molecule has 0 unspecified atom stereocenters. The van der Waals surface area contributed by atoms with Crippen molar-refractivity contribution < 1.29 is 0 Å². The zero-order chi connectivity index (χ0) is 17.2. The lowest BCUT2D eigenvalue weighted by Gasteiger charge is -2.15. The van der Waals surface area contributed by atoms with E-state index >= 15 is 0 Å². The lowest BCUT2D eigenvalue weighted by atomic mass is 10.1. The van der Waals surface area contributed by atoms with Crippen LogP contribution in [0.15, 0.2) is 77.9 Å². The number of nitrogens with one attached hydrogen (secondary N) is 1. The molecule has 0 atom stereocenters. The normalized spacial score (nSPS) is 10.8. The zero-order valence-electron chi connectivity index (χ0n) is 13.7. The van der Waals surface area contributed by atoms with Gasteiger partial charge in [-0.15, -0.1) is 0 Å². The van der Waals surface area contributed by atoms with E-state index in [1.807, 2.05) is 67.6 Å². The summed E-state index contributed by atoms with van der Waals surface area (Å²) in [6, 6.07) is 18.9. The van der Waals surface area contributed by atoms with Crippen LogP contribution in [0.5, 0.6) is 0 Å². The Morgan fingerprint density at radius 3 is 2.60 bits per heavy atom. The van der Waals surface area contributed by atoms with Gasteiger partial charge in [-0.1, -0.05) is 29.8 Å².